The molecular formula is C27H39ClN2O5. The number of hydrogen-bond donors (Lipinski definition) is 2. The van der Waals surface area contributed by atoms with E-state index in [9.17, 15) is 14.7 Å². The first-order valence-corrected chi connectivity index (χ1v) is 11.5. The lowest BCUT2D eigenvalue weighted by Gasteiger charge is -2.24. The van der Waals surface area contributed by atoms with Gasteiger partial charge in [-0.3, -0.25) is 9.69 Å². The summed E-state index contributed by atoms with van der Waals surface area (Å²) in [5.74, 6) is -0.644. The number of amides is 1. The smallest absolute Gasteiger partial charge is 0.347 e. The van der Waals surface area contributed by atoms with E-state index in [1.807, 2.05) is 30.0 Å². The topological polar surface area (TPSA) is 88.1 Å². The minimum absolute atomic E-state index is 0. The maximum atomic E-state index is 12.8. The van der Waals surface area contributed by atoms with Crippen molar-refractivity contribution in [2.45, 2.75) is 59.1 Å². The van der Waals surface area contributed by atoms with E-state index in [2.05, 4.69) is 38.2 Å². The third-order valence-electron chi connectivity index (χ3n) is 5.56. The molecule has 0 saturated heterocycles. The third-order valence-corrected chi connectivity index (χ3v) is 5.56. The number of carboxylic acid groups (broad SMARTS) is 1. The van der Waals surface area contributed by atoms with Crippen LogP contribution < -0.4 is 10.1 Å². The number of aliphatic carboxylic acids is 1. The van der Waals surface area contributed by atoms with Crippen molar-refractivity contribution in [2.24, 2.45) is 0 Å². The molecule has 2 aromatic rings. The molecule has 0 spiro atoms. The normalized spacial score (nSPS) is 11.7. The zero-order valence-corrected chi connectivity index (χ0v) is 22.6. The van der Waals surface area contributed by atoms with E-state index in [0.29, 0.717) is 25.4 Å². The van der Waals surface area contributed by atoms with Crippen LogP contribution in [-0.2, 0) is 26.3 Å². The fourth-order valence-corrected chi connectivity index (χ4v) is 3.36. The van der Waals surface area contributed by atoms with Crippen LogP contribution in [0.1, 0.15) is 51.3 Å². The van der Waals surface area contributed by atoms with Gasteiger partial charge < -0.3 is 19.9 Å². The number of carbonyl (C=O) groups excluding carboxylic acids is 1. The average molecular weight is 507 g/mol. The number of rotatable bonds is 11. The van der Waals surface area contributed by atoms with Crippen molar-refractivity contribution in [3.8, 4) is 5.75 Å². The monoisotopic (exact) mass is 506 g/mol. The summed E-state index contributed by atoms with van der Waals surface area (Å²) in [4.78, 5) is 26.1. The molecule has 8 heteroatoms. The number of nitrogens with one attached hydrogen (secondary N) is 1. The van der Waals surface area contributed by atoms with Crippen molar-refractivity contribution >= 4 is 30.0 Å². The second kappa shape index (κ2) is 12.9. The highest BCUT2D eigenvalue weighted by atomic mass is 35.5. The molecule has 0 saturated carbocycles. The summed E-state index contributed by atoms with van der Waals surface area (Å²) in [6, 6.07) is 13.4. The van der Waals surface area contributed by atoms with Gasteiger partial charge in [-0.25, -0.2) is 4.79 Å². The summed E-state index contributed by atoms with van der Waals surface area (Å²) in [5, 5.41) is 12.3. The minimum atomic E-state index is -1.31. The quantitative estimate of drug-likeness (QED) is 0.443. The fourth-order valence-electron chi connectivity index (χ4n) is 3.36. The van der Waals surface area contributed by atoms with Gasteiger partial charge in [-0.15, -0.1) is 12.4 Å². The number of nitrogens with zero attached hydrogens (tertiary/aromatic N) is 1. The Bertz CT molecular complexity index is 984. The lowest BCUT2D eigenvalue weighted by atomic mass is 9.86. The molecule has 0 unspecified atom stereocenters. The summed E-state index contributed by atoms with van der Waals surface area (Å²) in [6.07, 6.45) is 0. The number of benzene rings is 2. The van der Waals surface area contributed by atoms with E-state index in [1.54, 1.807) is 19.2 Å². The van der Waals surface area contributed by atoms with Crippen molar-refractivity contribution in [3.63, 3.8) is 0 Å². The molecule has 0 heterocycles. The first-order chi connectivity index (χ1) is 15.8. The number of hydrogen-bond acceptors (Lipinski definition) is 5. The molecule has 2 aromatic carbocycles. The van der Waals surface area contributed by atoms with E-state index in [0.717, 1.165) is 16.8 Å². The van der Waals surface area contributed by atoms with Gasteiger partial charge >= 0.3 is 5.97 Å². The van der Waals surface area contributed by atoms with Gasteiger partial charge in [-0.2, -0.15) is 0 Å². The Morgan fingerprint density at radius 2 is 1.66 bits per heavy atom. The molecule has 0 aliphatic rings. The highest BCUT2D eigenvalue weighted by Crippen LogP contribution is 2.26. The Morgan fingerprint density at radius 1 is 1.03 bits per heavy atom. The Balaban J connectivity index is 0.00000612. The van der Waals surface area contributed by atoms with Gasteiger partial charge in [0.2, 0.25) is 5.91 Å². The van der Waals surface area contributed by atoms with E-state index < -0.39 is 11.6 Å². The van der Waals surface area contributed by atoms with Crippen molar-refractivity contribution in [1.82, 2.24) is 4.90 Å². The van der Waals surface area contributed by atoms with Gasteiger partial charge in [-0.1, -0.05) is 45.0 Å². The first kappa shape index (κ1) is 30.4. The number of halogens is 1. The van der Waals surface area contributed by atoms with Gasteiger partial charge in [0.1, 0.15) is 5.75 Å². The summed E-state index contributed by atoms with van der Waals surface area (Å²) in [7, 11) is 1.63. The minimum Gasteiger partial charge on any atom is -0.478 e. The Labute approximate surface area is 215 Å². The number of carbonyl (C=O) groups is 2. The lowest BCUT2D eigenvalue weighted by molar-refractivity contribution is -0.152. The van der Waals surface area contributed by atoms with Crippen LogP contribution >= 0.6 is 12.4 Å². The molecule has 0 aliphatic heterocycles. The number of ether oxygens (including phenoxy) is 2. The van der Waals surface area contributed by atoms with E-state index in [4.69, 9.17) is 9.47 Å². The van der Waals surface area contributed by atoms with E-state index in [1.165, 1.54) is 19.4 Å². The number of methoxy groups -OCH3 is 1. The molecule has 0 atom stereocenters. The summed E-state index contributed by atoms with van der Waals surface area (Å²) in [6.45, 7) is 13.4. The summed E-state index contributed by atoms with van der Waals surface area (Å²) >= 11 is 0. The summed E-state index contributed by atoms with van der Waals surface area (Å²) in [5.41, 5.74) is 2.79. The highest BCUT2D eigenvalue weighted by molar-refractivity contribution is 5.93. The van der Waals surface area contributed by atoms with Gasteiger partial charge in [0.05, 0.1) is 13.2 Å². The van der Waals surface area contributed by atoms with Crippen LogP contribution in [-0.4, -0.2) is 54.3 Å². The molecule has 1 amide bonds. The zero-order chi connectivity index (χ0) is 25.5. The predicted octanol–water partition coefficient (Wildman–Crippen LogP) is 5.04. The molecule has 7 nitrogen and oxygen atoms in total. The van der Waals surface area contributed by atoms with Crippen LogP contribution in [0.5, 0.6) is 5.75 Å². The highest BCUT2D eigenvalue weighted by Gasteiger charge is 2.29. The number of carboxylic acids is 1. The maximum absolute atomic E-state index is 12.8. The van der Waals surface area contributed by atoms with Crippen molar-refractivity contribution < 1.29 is 24.2 Å². The first-order valence-electron chi connectivity index (χ1n) is 11.5. The van der Waals surface area contributed by atoms with E-state index >= 15 is 0 Å². The molecule has 0 aliphatic carbocycles. The standard InChI is InChI=1S/C27H38N2O5.ClH/c1-19-16-21(26(2,3)4)10-13-23(19)28-24(30)18-29(14-15-33-7)17-20-8-11-22(12-9-20)34-27(5,6)25(31)32;/h8-13,16H,14-15,17-18H2,1-7H3,(H,28,30)(H,31,32);1H. The average Bonchev–Trinajstić information content (AvgIpc) is 2.73. The van der Waals surface area contributed by atoms with Crippen LogP contribution in [0.3, 0.4) is 0 Å². The molecular weight excluding hydrogens is 468 g/mol. The molecule has 0 radical (unpaired) electrons. The van der Waals surface area contributed by atoms with Gasteiger partial charge in [0.15, 0.2) is 5.60 Å². The van der Waals surface area contributed by atoms with Crippen molar-refractivity contribution in [2.75, 3.05) is 32.1 Å². The third kappa shape index (κ3) is 9.51. The molecule has 2 rings (SSSR count). The summed E-state index contributed by atoms with van der Waals surface area (Å²) < 4.78 is 10.8. The molecule has 2 N–H and O–H groups in total. The second-order valence-electron chi connectivity index (χ2n) is 10.1. The molecule has 0 fully saturated rings. The van der Waals surface area contributed by atoms with Gasteiger partial charge in [0, 0.05) is 25.9 Å². The Hall–Kier alpha value is -2.61. The predicted molar refractivity (Wildman–Crippen MR) is 142 cm³/mol. The molecule has 194 valence electrons. The lowest BCUT2D eigenvalue weighted by Crippen LogP contribution is -2.37. The zero-order valence-electron chi connectivity index (χ0n) is 21.8. The van der Waals surface area contributed by atoms with E-state index in [-0.39, 0.29) is 30.3 Å². The van der Waals surface area contributed by atoms with Crippen LogP contribution in [0.2, 0.25) is 0 Å². The van der Waals surface area contributed by atoms with Crippen LogP contribution in [0.25, 0.3) is 0 Å². The van der Waals surface area contributed by atoms with Crippen LogP contribution in [0, 0.1) is 6.92 Å². The van der Waals surface area contributed by atoms with Crippen LogP contribution in [0.15, 0.2) is 42.5 Å². The molecule has 0 aromatic heterocycles. The fraction of sp³-hybridized carbons (Fsp3) is 0.481. The molecule has 0 bridgehead atoms. The van der Waals surface area contributed by atoms with Crippen molar-refractivity contribution in [1.29, 1.82) is 0 Å². The SMILES string of the molecule is COCCN(CC(=O)Nc1ccc(C(C)(C)C)cc1C)Cc1ccc(OC(C)(C)C(=O)O)cc1.Cl. The van der Waals surface area contributed by atoms with Gasteiger partial charge in [0.25, 0.3) is 0 Å². The maximum Gasteiger partial charge on any atom is 0.347 e. The largest absolute Gasteiger partial charge is 0.478 e. The van der Waals surface area contributed by atoms with Crippen LogP contribution in [0.4, 0.5) is 5.69 Å². The second-order valence-corrected chi connectivity index (χ2v) is 10.1. The number of aryl methyl sites for hydroxylation is 1. The molecule has 35 heavy (non-hydrogen) atoms. The Kier molecular flexibility index (Phi) is 11.2. The van der Waals surface area contributed by atoms with Crippen molar-refractivity contribution in [3.05, 3.63) is 59.2 Å². The van der Waals surface area contributed by atoms with Gasteiger partial charge in [-0.05, 0) is 61.1 Å². The number of anilines is 1. The Morgan fingerprint density at radius 3 is 2.17 bits per heavy atom.